The molecule has 7 aromatic carbocycles. The number of dihydropyridines is 1. The van der Waals surface area contributed by atoms with Crippen LogP contribution in [0.1, 0.15) is 34.7 Å². The second kappa shape index (κ2) is 10.6. The van der Waals surface area contributed by atoms with Gasteiger partial charge in [0.05, 0.1) is 5.41 Å². The van der Waals surface area contributed by atoms with Crippen LogP contribution in [-0.2, 0) is 5.41 Å². The molecule has 1 aliphatic heterocycles. The molecule has 0 amide bonds. The molecule has 1 spiro atoms. The molecular formula is C49H33NO. The van der Waals surface area contributed by atoms with E-state index in [1.54, 1.807) is 0 Å². The SMILES string of the molecule is CC1=C(c2ccc(-c3cccc4c3oc3cc5c(cc34)C3(c4ccccc4-c4ccccc43)c3cc(-c4ccccc4)ccc3-5)cc2)NCC=C1. The number of nitrogens with one attached hydrogen (secondary N) is 1. The average Bonchev–Trinajstić information content (AvgIpc) is 3.81. The van der Waals surface area contributed by atoms with Crippen LogP contribution in [0.2, 0.25) is 0 Å². The molecule has 0 atom stereocenters. The zero-order chi connectivity index (χ0) is 33.7. The van der Waals surface area contributed by atoms with Gasteiger partial charge in [-0.2, -0.15) is 0 Å². The van der Waals surface area contributed by atoms with Gasteiger partial charge in [-0.05, 0) is 97.5 Å². The van der Waals surface area contributed by atoms with Crippen molar-refractivity contribution in [2.75, 3.05) is 6.54 Å². The molecule has 1 aromatic heterocycles. The number of furan rings is 1. The summed E-state index contributed by atoms with van der Waals surface area (Å²) in [7, 11) is 0. The Morgan fingerprint density at radius 1 is 0.490 bits per heavy atom. The van der Waals surface area contributed by atoms with E-state index in [1.807, 2.05) is 0 Å². The number of benzene rings is 7. The molecule has 0 fully saturated rings. The largest absolute Gasteiger partial charge is 0.455 e. The molecule has 0 unspecified atom stereocenters. The van der Waals surface area contributed by atoms with Crippen LogP contribution in [0.4, 0.5) is 0 Å². The highest BCUT2D eigenvalue weighted by Crippen LogP contribution is 2.63. The summed E-state index contributed by atoms with van der Waals surface area (Å²) in [6.45, 7) is 3.01. The van der Waals surface area contributed by atoms with Crippen molar-refractivity contribution in [3.05, 3.63) is 197 Å². The summed E-state index contributed by atoms with van der Waals surface area (Å²) in [5, 5.41) is 5.83. The molecule has 51 heavy (non-hydrogen) atoms. The minimum Gasteiger partial charge on any atom is -0.455 e. The van der Waals surface area contributed by atoms with Gasteiger partial charge in [0.2, 0.25) is 0 Å². The van der Waals surface area contributed by atoms with Crippen LogP contribution >= 0.6 is 0 Å². The van der Waals surface area contributed by atoms with E-state index < -0.39 is 5.41 Å². The van der Waals surface area contributed by atoms with Crippen molar-refractivity contribution < 1.29 is 4.42 Å². The summed E-state index contributed by atoms with van der Waals surface area (Å²) in [5.74, 6) is 0. The Morgan fingerprint density at radius 2 is 1.14 bits per heavy atom. The first kappa shape index (κ1) is 28.5. The second-order valence-corrected chi connectivity index (χ2v) is 14.1. The second-order valence-electron chi connectivity index (χ2n) is 14.1. The third-order valence-corrected chi connectivity index (χ3v) is 11.5. The predicted molar refractivity (Wildman–Crippen MR) is 211 cm³/mol. The van der Waals surface area contributed by atoms with Gasteiger partial charge in [-0.1, -0.05) is 146 Å². The fourth-order valence-electron chi connectivity index (χ4n) is 9.23. The molecular weight excluding hydrogens is 619 g/mol. The van der Waals surface area contributed by atoms with Crippen LogP contribution in [0.15, 0.2) is 174 Å². The fraction of sp³-hybridized carbons (Fsp3) is 0.0612. The first-order chi connectivity index (χ1) is 25.2. The van der Waals surface area contributed by atoms with Crippen molar-refractivity contribution >= 4 is 27.6 Å². The maximum absolute atomic E-state index is 6.89. The van der Waals surface area contributed by atoms with E-state index in [1.165, 1.54) is 72.5 Å². The molecule has 1 N–H and O–H groups in total. The van der Waals surface area contributed by atoms with E-state index in [2.05, 4.69) is 176 Å². The van der Waals surface area contributed by atoms with Crippen molar-refractivity contribution in [2.45, 2.75) is 12.3 Å². The van der Waals surface area contributed by atoms with Crippen molar-refractivity contribution in [3.63, 3.8) is 0 Å². The van der Waals surface area contributed by atoms with E-state index in [-0.39, 0.29) is 0 Å². The molecule has 2 aliphatic carbocycles. The minimum absolute atomic E-state index is 0.441. The van der Waals surface area contributed by atoms with Crippen LogP contribution < -0.4 is 5.32 Å². The van der Waals surface area contributed by atoms with Crippen LogP contribution in [0.3, 0.4) is 0 Å². The monoisotopic (exact) mass is 651 g/mol. The van der Waals surface area contributed by atoms with Crippen molar-refractivity contribution in [2.24, 2.45) is 0 Å². The Labute approximate surface area is 297 Å². The average molecular weight is 652 g/mol. The van der Waals surface area contributed by atoms with Crippen molar-refractivity contribution in [3.8, 4) is 44.5 Å². The Bertz CT molecular complexity index is 2750. The number of allylic oxidation sites excluding steroid dienone is 2. The molecule has 2 nitrogen and oxygen atoms in total. The Hall–Kier alpha value is -6.38. The molecule has 0 saturated carbocycles. The number of para-hydroxylation sites is 1. The summed E-state index contributed by atoms with van der Waals surface area (Å²) < 4.78 is 6.89. The lowest BCUT2D eigenvalue weighted by molar-refractivity contribution is 0.670. The normalized spacial score (nSPS) is 14.8. The van der Waals surface area contributed by atoms with Crippen LogP contribution in [-0.4, -0.2) is 6.54 Å². The maximum atomic E-state index is 6.89. The summed E-state index contributed by atoms with van der Waals surface area (Å²) in [4.78, 5) is 0. The fourth-order valence-corrected chi connectivity index (χ4v) is 9.23. The van der Waals surface area contributed by atoms with Gasteiger partial charge in [0.1, 0.15) is 11.2 Å². The third-order valence-electron chi connectivity index (χ3n) is 11.5. The van der Waals surface area contributed by atoms with Crippen LogP contribution in [0.5, 0.6) is 0 Å². The van der Waals surface area contributed by atoms with E-state index in [0.717, 1.165) is 39.6 Å². The Morgan fingerprint density at radius 3 is 1.90 bits per heavy atom. The number of hydrogen-bond donors (Lipinski definition) is 1. The lowest BCUT2D eigenvalue weighted by atomic mass is 9.70. The molecule has 240 valence electrons. The molecule has 0 radical (unpaired) electrons. The summed E-state index contributed by atoms with van der Waals surface area (Å²) >= 11 is 0. The highest BCUT2D eigenvalue weighted by atomic mass is 16.3. The van der Waals surface area contributed by atoms with E-state index in [9.17, 15) is 0 Å². The summed E-state index contributed by atoms with van der Waals surface area (Å²) in [6.07, 6.45) is 4.36. The summed E-state index contributed by atoms with van der Waals surface area (Å²) in [5.41, 5.74) is 20.2. The Kier molecular flexibility index (Phi) is 5.89. The van der Waals surface area contributed by atoms with Crippen molar-refractivity contribution in [1.29, 1.82) is 0 Å². The van der Waals surface area contributed by atoms with Gasteiger partial charge in [0.25, 0.3) is 0 Å². The molecule has 0 bridgehead atoms. The quantitative estimate of drug-likeness (QED) is 0.206. The van der Waals surface area contributed by atoms with E-state index >= 15 is 0 Å². The van der Waals surface area contributed by atoms with Gasteiger partial charge >= 0.3 is 0 Å². The lowest BCUT2D eigenvalue weighted by Crippen LogP contribution is -2.25. The van der Waals surface area contributed by atoms with Crippen LogP contribution in [0, 0.1) is 0 Å². The van der Waals surface area contributed by atoms with E-state index in [4.69, 9.17) is 4.42 Å². The highest BCUT2D eigenvalue weighted by Gasteiger charge is 2.52. The predicted octanol–water partition coefficient (Wildman–Crippen LogP) is 12.2. The molecule has 0 saturated heterocycles. The van der Waals surface area contributed by atoms with Crippen molar-refractivity contribution in [1.82, 2.24) is 5.32 Å². The first-order valence-electron chi connectivity index (χ1n) is 17.8. The summed E-state index contributed by atoms with van der Waals surface area (Å²) in [6, 6.07) is 56.1. The molecule has 2 heteroatoms. The molecule has 11 rings (SSSR count). The Balaban J connectivity index is 1.16. The number of hydrogen-bond acceptors (Lipinski definition) is 2. The smallest absolute Gasteiger partial charge is 0.143 e. The van der Waals surface area contributed by atoms with Gasteiger partial charge in [0.15, 0.2) is 0 Å². The van der Waals surface area contributed by atoms with Gasteiger partial charge in [0, 0.05) is 28.6 Å². The van der Waals surface area contributed by atoms with Crippen LogP contribution in [0.25, 0.3) is 72.1 Å². The first-order valence-corrected chi connectivity index (χ1v) is 17.8. The highest BCUT2D eigenvalue weighted by molar-refractivity contribution is 6.12. The third kappa shape index (κ3) is 3.88. The molecule has 8 aromatic rings. The topological polar surface area (TPSA) is 25.2 Å². The van der Waals surface area contributed by atoms with E-state index in [0.29, 0.717) is 0 Å². The molecule has 2 heterocycles. The number of rotatable bonds is 3. The lowest BCUT2D eigenvalue weighted by Gasteiger charge is -2.30. The standard InChI is InChI=1S/C49H33NO/c1-30-11-10-26-50-47(30)33-22-20-32(21-23-33)35-16-9-17-39-41-28-45-40(29-46(41)51-48(35)39)38-25-24-34(31-12-3-2-4-13-31)27-44(38)49(45)42-18-7-5-14-36(42)37-15-6-8-19-43(37)49/h2-25,27-29,50H,26H2,1H3. The minimum atomic E-state index is -0.441. The maximum Gasteiger partial charge on any atom is 0.143 e. The van der Waals surface area contributed by atoms with Gasteiger partial charge in [-0.25, -0.2) is 0 Å². The number of fused-ring (bicyclic) bond motifs is 13. The zero-order valence-electron chi connectivity index (χ0n) is 28.2. The molecule has 3 aliphatic rings. The van der Waals surface area contributed by atoms with Gasteiger partial charge < -0.3 is 9.73 Å². The zero-order valence-corrected chi connectivity index (χ0v) is 28.2. The van der Waals surface area contributed by atoms with Gasteiger partial charge in [-0.15, -0.1) is 0 Å². The van der Waals surface area contributed by atoms with Gasteiger partial charge in [-0.3, -0.25) is 0 Å².